The lowest BCUT2D eigenvalue weighted by Gasteiger charge is -2.35. The minimum absolute atomic E-state index is 0.0266. The van der Waals surface area contributed by atoms with E-state index >= 15 is 0 Å². The molecule has 5 aromatic rings. The number of carbonyl (C=O) groups is 7. The highest BCUT2D eigenvalue weighted by molar-refractivity contribution is 8.02. The van der Waals surface area contributed by atoms with Crippen LogP contribution in [0.15, 0.2) is 96.0 Å². The maximum Gasteiger partial charge on any atom is 0.335 e. The Hall–Kier alpha value is -8.51. The average molecular weight is 1210 g/mol. The maximum atomic E-state index is 14.3. The van der Waals surface area contributed by atoms with Gasteiger partial charge in [0.1, 0.15) is 13.2 Å². The molecule has 0 saturated carbocycles. The van der Waals surface area contributed by atoms with Crippen molar-refractivity contribution >= 4 is 87.8 Å². The van der Waals surface area contributed by atoms with Crippen molar-refractivity contribution < 1.29 is 71.6 Å². The normalized spacial score (nSPS) is 18.4. The summed E-state index contributed by atoms with van der Waals surface area (Å²) < 4.78 is 41.4. The van der Waals surface area contributed by atoms with Gasteiger partial charge in [-0.1, -0.05) is 36.4 Å². The molecule has 1 unspecified atom stereocenters. The largest absolute Gasteiger partial charge is 0.493 e. The van der Waals surface area contributed by atoms with Crippen LogP contribution >= 0.6 is 11.8 Å². The molecule has 0 radical (unpaired) electrons. The Kier molecular flexibility index (Phi) is 18.1. The third-order valence-corrected chi connectivity index (χ3v) is 17.4. The van der Waals surface area contributed by atoms with Gasteiger partial charge >= 0.3 is 5.97 Å². The van der Waals surface area contributed by atoms with E-state index in [0.717, 1.165) is 50.6 Å². The predicted octanol–water partition coefficient (Wildman–Crippen LogP) is 7.27. The number of imide groups is 2. The zero-order valence-corrected chi connectivity index (χ0v) is 50.0. The monoisotopic (exact) mass is 1210 g/mol. The van der Waals surface area contributed by atoms with E-state index in [4.69, 9.17) is 43.0 Å². The molecule has 5 aromatic carbocycles. The summed E-state index contributed by atoms with van der Waals surface area (Å²) in [6.45, 7) is 6.80. The van der Waals surface area contributed by atoms with Crippen LogP contribution in [0.4, 0.5) is 28.4 Å². The van der Waals surface area contributed by atoms with Gasteiger partial charge in [0.25, 0.3) is 23.6 Å². The van der Waals surface area contributed by atoms with Gasteiger partial charge in [0.05, 0.1) is 93.5 Å². The van der Waals surface area contributed by atoms with Gasteiger partial charge in [-0.2, -0.15) is 0 Å². The van der Waals surface area contributed by atoms with Crippen LogP contribution in [-0.2, 0) is 69.1 Å². The zero-order valence-electron chi connectivity index (χ0n) is 49.2. The van der Waals surface area contributed by atoms with E-state index in [-0.39, 0.29) is 69.5 Å². The van der Waals surface area contributed by atoms with E-state index in [2.05, 4.69) is 16.3 Å². The van der Waals surface area contributed by atoms with Crippen molar-refractivity contribution in [2.24, 2.45) is 4.99 Å². The second kappa shape index (κ2) is 26.2. The Labute approximate surface area is 507 Å². The predicted molar refractivity (Wildman–Crippen MR) is 324 cm³/mol. The van der Waals surface area contributed by atoms with Crippen LogP contribution in [0, 0.1) is 0 Å². The highest BCUT2D eigenvalue weighted by Gasteiger charge is 2.44. The average Bonchev–Trinajstić information content (AvgIpc) is 3.32. The first kappa shape index (κ1) is 60.2. The van der Waals surface area contributed by atoms with E-state index in [1.165, 1.54) is 26.0 Å². The number of hydrogen-bond acceptors (Lipinski definition) is 19. The van der Waals surface area contributed by atoms with Crippen molar-refractivity contribution in [1.29, 1.82) is 0 Å². The standard InChI is InChI=1S/C64H69N7O15S/c1-64(2,87-56-33-59(74)68(63(56)78)17-16-60(75)86-71-57(72)14-15-58(71)73)38-67(18-19-82-22-23-83-21-20-79-3)43-25-39(36-84-54-31-48-46(29-52(54)80-4)61(76)69-44(34-65-48)27-41-10-6-8-12-50(41)69)24-40(26-43)37-85-55-32-49-47(30-53(55)81-5)62(77)70-45(35-66-49)28-42-11-7-9-13-51(42)70/h6-13,24-26,29-32,34,44-45,56,66H,14-23,27-28,33,35-38H2,1-5H3/t44-,45-,56?/m0/s1. The molecular formula is C64H69N7O15S. The molecule has 23 heteroatoms. The summed E-state index contributed by atoms with van der Waals surface area (Å²) in [5.41, 5.74) is 8.04. The van der Waals surface area contributed by atoms with Crippen molar-refractivity contribution in [1.82, 2.24) is 9.96 Å². The molecule has 6 heterocycles. The second-order valence-electron chi connectivity index (χ2n) is 22.4. The number of nitrogens with zero attached hydrogens (tertiary/aromatic N) is 6. The number of hydrogen-bond donors (Lipinski definition) is 1. The van der Waals surface area contributed by atoms with Gasteiger partial charge in [-0.05, 0) is 85.0 Å². The number of ether oxygens (including phenoxy) is 7. The number of amides is 6. The maximum absolute atomic E-state index is 14.3. The Morgan fingerprint density at radius 3 is 2.00 bits per heavy atom. The zero-order chi connectivity index (χ0) is 60.9. The number of methoxy groups -OCH3 is 3. The summed E-state index contributed by atoms with van der Waals surface area (Å²) in [6.07, 6.45) is 2.52. The second-order valence-corrected chi connectivity index (χ2v) is 24.3. The molecular weight excluding hydrogens is 1140 g/mol. The van der Waals surface area contributed by atoms with E-state index in [1.54, 1.807) is 42.5 Å². The molecule has 11 rings (SSSR count). The van der Waals surface area contributed by atoms with Gasteiger partial charge in [-0.25, -0.2) is 4.79 Å². The molecule has 2 fully saturated rings. The number of likely N-dealkylation sites (tertiary alicyclic amines) is 1. The van der Waals surface area contributed by atoms with Crippen LogP contribution in [0.1, 0.15) is 82.5 Å². The Morgan fingerprint density at radius 1 is 0.690 bits per heavy atom. The Bertz CT molecular complexity index is 3520. The lowest BCUT2D eigenvalue weighted by Crippen LogP contribution is -2.41. The van der Waals surface area contributed by atoms with Gasteiger partial charge in [0.2, 0.25) is 11.8 Å². The van der Waals surface area contributed by atoms with Crippen molar-refractivity contribution in [2.75, 3.05) is 101 Å². The number of hydroxylamine groups is 2. The summed E-state index contributed by atoms with van der Waals surface area (Å²) in [5.74, 6) is -1.96. The van der Waals surface area contributed by atoms with Crippen molar-refractivity contribution in [3.63, 3.8) is 0 Å². The number of thioether (sulfide) groups is 1. The minimum Gasteiger partial charge on any atom is -0.493 e. The number of aliphatic imine (C=N–C) groups is 1. The summed E-state index contributed by atoms with van der Waals surface area (Å²) in [7, 11) is 4.66. The molecule has 3 atom stereocenters. The van der Waals surface area contributed by atoms with Crippen LogP contribution < -0.4 is 39.0 Å². The fraction of sp³-hybridized carbons (Fsp3) is 0.406. The molecule has 6 aliphatic rings. The lowest BCUT2D eigenvalue weighted by atomic mass is 10.1. The SMILES string of the molecule is COCCOCCOCCN(CC(C)(C)SC1CC(=O)N(CCC(=O)ON2C(=O)CCC2=O)C1=O)c1cc(COc2cc3c(cc2OC)C(=O)N2c4ccccc4C[C@H]2C=N3)cc(COc2cc3c(cc2OC)C(=O)N2c4ccccc4C[C@H]2CN3)c1. The first-order valence-corrected chi connectivity index (χ1v) is 29.9. The molecule has 87 heavy (non-hydrogen) atoms. The lowest BCUT2D eigenvalue weighted by molar-refractivity contribution is -0.197. The van der Waals surface area contributed by atoms with Gasteiger partial charge in [-0.15, -0.1) is 16.8 Å². The van der Waals surface area contributed by atoms with E-state index in [9.17, 15) is 33.6 Å². The molecule has 0 bridgehead atoms. The number of carbonyl (C=O) groups excluding carboxylic acids is 7. The highest BCUT2D eigenvalue weighted by Crippen LogP contribution is 2.44. The number of rotatable bonds is 26. The molecule has 0 aromatic heterocycles. The number of fused-ring (bicyclic) bond motifs is 8. The molecule has 456 valence electrons. The number of anilines is 4. The van der Waals surface area contributed by atoms with Crippen LogP contribution in [0.25, 0.3) is 0 Å². The molecule has 22 nitrogen and oxygen atoms in total. The van der Waals surface area contributed by atoms with Crippen molar-refractivity contribution in [3.05, 3.63) is 124 Å². The number of benzene rings is 5. The van der Waals surface area contributed by atoms with Gasteiger partial charge < -0.3 is 53.1 Å². The molecule has 0 aliphatic carbocycles. The van der Waals surface area contributed by atoms with E-state index in [1.807, 2.05) is 79.4 Å². The minimum atomic E-state index is -0.917. The summed E-state index contributed by atoms with van der Waals surface area (Å²) in [6, 6.07) is 28.4. The van der Waals surface area contributed by atoms with E-state index in [0.29, 0.717) is 103 Å². The van der Waals surface area contributed by atoms with Crippen LogP contribution in [0.2, 0.25) is 0 Å². The van der Waals surface area contributed by atoms with Gasteiger partial charge in [0, 0.05) is 99.1 Å². The first-order valence-electron chi connectivity index (χ1n) is 29.0. The number of nitrogens with one attached hydrogen (secondary N) is 1. The summed E-state index contributed by atoms with van der Waals surface area (Å²) >= 11 is 1.34. The molecule has 6 amide bonds. The van der Waals surface area contributed by atoms with Crippen LogP contribution in [0.5, 0.6) is 23.0 Å². The third kappa shape index (κ3) is 13.1. The third-order valence-electron chi connectivity index (χ3n) is 16.0. The fourth-order valence-corrected chi connectivity index (χ4v) is 13.3. The Balaban J connectivity index is 0.871. The molecule has 1 N–H and O–H groups in total. The molecule has 6 aliphatic heterocycles. The number of para-hydroxylation sites is 2. The highest BCUT2D eigenvalue weighted by atomic mass is 32.2. The Morgan fingerprint density at radius 2 is 1.31 bits per heavy atom. The molecule has 2 saturated heterocycles. The van der Waals surface area contributed by atoms with Crippen LogP contribution in [-0.4, -0.2) is 160 Å². The molecule has 0 spiro atoms. The van der Waals surface area contributed by atoms with Crippen molar-refractivity contribution in [3.8, 4) is 23.0 Å². The summed E-state index contributed by atoms with van der Waals surface area (Å²) in [5, 5.41) is 3.17. The quantitative estimate of drug-likeness (QED) is 0.0423. The topological polar surface area (TPSA) is 234 Å². The smallest absolute Gasteiger partial charge is 0.335 e. The summed E-state index contributed by atoms with van der Waals surface area (Å²) in [4.78, 5) is 109. The van der Waals surface area contributed by atoms with Gasteiger partial charge in [-0.3, -0.25) is 43.6 Å². The van der Waals surface area contributed by atoms with Gasteiger partial charge in [0.15, 0.2) is 23.0 Å². The van der Waals surface area contributed by atoms with Crippen LogP contribution in [0.3, 0.4) is 0 Å². The van der Waals surface area contributed by atoms with E-state index < -0.39 is 46.0 Å². The fourth-order valence-electron chi connectivity index (χ4n) is 11.8. The first-order chi connectivity index (χ1) is 42.1. The van der Waals surface area contributed by atoms with Crippen molar-refractivity contribution in [2.45, 2.75) is 87.7 Å².